The fourth-order valence-corrected chi connectivity index (χ4v) is 2.37. The number of ether oxygens (including phenoxy) is 1. The second-order valence-electron chi connectivity index (χ2n) is 6.30. The quantitative estimate of drug-likeness (QED) is 0.867. The van der Waals surface area contributed by atoms with Crippen LogP contribution < -0.4 is 0 Å². The van der Waals surface area contributed by atoms with Crippen LogP contribution in [0.25, 0.3) is 0 Å². The van der Waals surface area contributed by atoms with Crippen LogP contribution in [0.15, 0.2) is 18.2 Å². The molecule has 0 spiro atoms. The Morgan fingerprint density at radius 1 is 1.33 bits per heavy atom. The maximum absolute atomic E-state index is 13.3. The summed E-state index contributed by atoms with van der Waals surface area (Å²) in [6.07, 6.45) is -0.664. The Bertz CT molecular complexity index is 530. The molecule has 2 rings (SSSR count). The van der Waals surface area contributed by atoms with Gasteiger partial charge in [-0.1, -0.05) is 0 Å². The van der Waals surface area contributed by atoms with Gasteiger partial charge in [-0.05, 0) is 38.5 Å². The molecule has 0 saturated carbocycles. The average molecular weight is 299 g/mol. The second-order valence-corrected chi connectivity index (χ2v) is 6.30. The number of halogens is 2. The van der Waals surface area contributed by atoms with E-state index in [4.69, 9.17) is 4.74 Å². The van der Waals surface area contributed by atoms with Gasteiger partial charge in [0.15, 0.2) is 0 Å². The van der Waals surface area contributed by atoms with Gasteiger partial charge in [0, 0.05) is 24.6 Å². The van der Waals surface area contributed by atoms with Gasteiger partial charge in [0.2, 0.25) is 0 Å². The van der Waals surface area contributed by atoms with Gasteiger partial charge in [-0.2, -0.15) is 0 Å². The predicted octanol–water partition coefficient (Wildman–Crippen LogP) is 3.36. The lowest BCUT2D eigenvalue weighted by molar-refractivity contribution is 0.0931. The maximum Gasteiger partial charge on any atom is 0.407 e. The van der Waals surface area contributed by atoms with E-state index >= 15 is 0 Å². The number of amides is 1. The molecule has 0 bridgehead atoms. The maximum atomic E-state index is 13.3. The van der Waals surface area contributed by atoms with Crippen molar-refractivity contribution in [2.45, 2.75) is 38.3 Å². The lowest BCUT2D eigenvalue weighted by Gasteiger charge is -2.33. The first kappa shape index (κ1) is 15.7. The first-order valence-corrected chi connectivity index (χ1v) is 6.75. The van der Waals surface area contributed by atoms with Crippen LogP contribution in [0.2, 0.25) is 0 Å². The number of epoxide rings is 1. The van der Waals surface area contributed by atoms with E-state index in [1.807, 2.05) is 0 Å². The van der Waals surface area contributed by atoms with Crippen LogP contribution in [-0.4, -0.2) is 34.8 Å². The minimum Gasteiger partial charge on any atom is -0.465 e. The minimum atomic E-state index is -1.02. The lowest BCUT2D eigenvalue weighted by atomic mass is 9.95. The van der Waals surface area contributed by atoms with Gasteiger partial charge in [-0.15, -0.1) is 0 Å². The molecule has 21 heavy (non-hydrogen) atoms. The molecule has 1 heterocycles. The van der Waals surface area contributed by atoms with Crippen LogP contribution in [0.4, 0.5) is 13.6 Å². The number of hydrogen-bond acceptors (Lipinski definition) is 2. The van der Waals surface area contributed by atoms with Crippen molar-refractivity contribution in [1.82, 2.24) is 4.90 Å². The lowest BCUT2D eigenvalue weighted by Crippen LogP contribution is -2.46. The molecule has 1 N–H and O–H groups in total. The van der Waals surface area contributed by atoms with Gasteiger partial charge in [-0.3, -0.25) is 0 Å². The monoisotopic (exact) mass is 299 g/mol. The summed E-state index contributed by atoms with van der Waals surface area (Å²) >= 11 is 0. The van der Waals surface area contributed by atoms with Crippen molar-refractivity contribution in [1.29, 1.82) is 0 Å². The molecule has 4 nitrogen and oxygen atoms in total. The summed E-state index contributed by atoms with van der Waals surface area (Å²) in [5.74, 6) is -1.32. The van der Waals surface area contributed by atoms with Crippen LogP contribution in [0, 0.1) is 11.6 Å². The number of carbonyl (C=O) groups is 1. The van der Waals surface area contributed by atoms with Crippen LogP contribution in [0.1, 0.15) is 32.8 Å². The van der Waals surface area contributed by atoms with Crippen LogP contribution in [0.5, 0.6) is 0 Å². The Morgan fingerprint density at radius 2 is 1.86 bits per heavy atom. The molecule has 116 valence electrons. The summed E-state index contributed by atoms with van der Waals surface area (Å²) in [7, 11) is 0. The third kappa shape index (κ3) is 3.50. The van der Waals surface area contributed by atoms with Crippen LogP contribution in [0.3, 0.4) is 0 Å². The molecule has 1 saturated heterocycles. The zero-order valence-corrected chi connectivity index (χ0v) is 12.3. The molecule has 1 aliphatic rings. The molecule has 1 fully saturated rings. The summed E-state index contributed by atoms with van der Waals surface area (Å²) in [4.78, 5) is 12.6. The third-order valence-electron chi connectivity index (χ3n) is 3.66. The van der Waals surface area contributed by atoms with Gasteiger partial charge >= 0.3 is 6.09 Å². The zero-order chi connectivity index (χ0) is 15.8. The highest BCUT2D eigenvalue weighted by Crippen LogP contribution is 2.43. The summed E-state index contributed by atoms with van der Waals surface area (Å²) in [5, 5.41) is 9.25. The molecule has 1 aromatic carbocycles. The molecule has 1 atom stereocenters. The molecule has 1 aromatic rings. The van der Waals surface area contributed by atoms with E-state index < -0.39 is 28.9 Å². The van der Waals surface area contributed by atoms with Gasteiger partial charge < -0.3 is 14.7 Å². The average Bonchev–Trinajstić information content (AvgIpc) is 3.06. The Morgan fingerprint density at radius 3 is 2.24 bits per heavy atom. The van der Waals surface area contributed by atoms with Crippen molar-refractivity contribution >= 4 is 6.09 Å². The Kier molecular flexibility index (Phi) is 3.93. The smallest absolute Gasteiger partial charge is 0.407 e. The molecule has 1 aliphatic heterocycles. The van der Waals surface area contributed by atoms with Crippen molar-refractivity contribution in [3.05, 3.63) is 35.4 Å². The fourth-order valence-electron chi connectivity index (χ4n) is 2.37. The summed E-state index contributed by atoms with van der Waals surface area (Å²) in [6, 6.07) is 3.27. The normalized spacial score (nSPS) is 21.2. The Balaban J connectivity index is 2.13. The molecule has 6 heteroatoms. The van der Waals surface area contributed by atoms with Gasteiger partial charge in [0.25, 0.3) is 0 Å². The van der Waals surface area contributed by atoms with E-state index in [-0.39, 0.29) is 6.54 Å². The summed E-state index contributed by atoms with van der Waals surface area (Å²) in [6.45, 7) is 5.96. The fraction of sp³-hybridized carbons (Fsp3) is 0.533. The number of carboxylic acid groups (broad SMARTS) is 1. The van der Waals surface area contributed by atoms with Crippen molar-refractivity contribution in [3.63, 3.8) is 0 Å². The van der Waals surface area contributed by atoms with E-state index in [9.17, 15) is 18.7 Å². The first-order chi connectivity index (χ1) is 9.64. The van der Waals surface area contributed by atoms with Crippen molar-refractivity contribution < 1.29 is 23.4 Å². The summed E-state index contributed by atoms with van der Waals surface area (Å²) < 4.78 is 32.0. The molecule has 1 unspecified atom stereocenters. The highest BCUT2D eigenvalue weighted by molar-refractivity contribution is 5.66. The largest absolute Gasteiger partial charge is 0.465 e. The van der Waals surface area contributed by atoms with Crippen LogP contribution in [-0.2, 0) is 10.3 Å². The number of hydrogen-bond donors (Lipinski definition) is 1. The first-order valence-electron chi connectivity index (χ1n) is 6.75. The third-order valence-corrected chi connectivity index (χ3v) is 3.66. The van der Waals surface area contributed by atoms with E-state index in [1.54, 1.807) is 20.8 Å². The second kappa shape index (κ2) is 5.26. The van der Waals surface area contributed by atoms with E-state index in [1.165, 1.54) is 17.0 Å². The minimum absolute atomic E-state index is 0.233. The molecule has 0 radical (unpaired) electrons. The van der Waals surface area contributed by atoms with Crippen molar-refractivity contribution in [3.8, 4) is 0 Å². The Labute approximate surface area is 122 Å². The SMILES string of the molecule is CC(C)(C)N(CCC1(c2cc(F)cc(F)c2)CO1)C(=O)O. The Hall–Kier alpha value is -1.69. The zero-order valence-electron chi connectivity index (χ0n) is 12.3. The molecule has 0 aliphatic carbocycles. The standard InChI is InChI=1S/C15H19F2NO3/c1-14(2,3)18(13(19)20)5-4-15(9-21-15)10-6-11(16)8-12(17)7-10/h6-8H,4-5,9H2,1-3H3,(H,19,20). The number of rotatable bonds is 4. The van der Waals surface area contributed by atoms with Crippen LogP contribution >= 0.6 is 0 Å². The topological polar surface area (TPSA) is 53.1 Å². The molecular weight excluding hydrogens is 280 g/mol. The predicted molar refractivity (Wildman–Crippen MR) is 73.1 cm³/mol. The van der Waals surface area contributed by atoms with Gasteiger partial charge in [-0.25, -0.2) is 13.6 Å². The van der Waals surface area contributed by atoms with E-state index in [0.717, 1.165) is 6.07 Å². The van der Waals surface area contributed by atoms with Gasteiger partial charge in [0.1, 0.15) is 17.2 Å². The van der Waals surface area contributed by atoms with E-state index in [0.29, 0.717) is 18.6 Å². The summed E-state index contributed by atoms with van der Waals surface area (Å²) in [5.41, 5.74) is -0.906. The highest BCUT2D eigenvalue weighted by Gasteiger charge is 2.47. The number of benzene rings is 1. The van der Waals surface area contributed by atoms with Gasteiger partial charge in [0.05, 0.1) is 6.61 Å². The van der Waals surface area contributed by atoms with Crippen molar-refractivity contribution in [2.75, 3.05) is 13.2 Å². The molecule has 1 amide bonds. The van der Waals surface area contributed by atoms with Crippen molar-refractivity contribution in [2.24, 2.45) is 0 Å². The molecular formula is C15H19F2NO3. The number of nitrogens with zero attached hydrogens (tertiary/aromatic N) is 1. The highest BCUT2D eigenvalue weighted by atomic mass is 19.1. The van der Waals surface area contributed by atoms with E-state index in [2.05, 4.69) is 0 Å². The molecule has 0 aromatic heterocycles.